The molecule has 0 bridgehead atoms. The molecule has 0 aliphatic heterocycles. The lowest BCUT2D eigenvalue weighted by Gasteiger charge is -2.10. The van der Waals surface area contributed by atoms with Crippen molar-refractivity contribution in [1.29, 1.82) is 5.26 Å². The molecule has 1 N–H and O–H groups in total. The van der Waals surface area contributed by atoms with Gasteiger partial charge in [-0.2, -0.15) is 5.26 Å². The van der Waals surface area contributed by atoms with Gasteiger partial charge in [0.25, 0.3) is 0 Å². The Morgan fingerprint density at radius 1 is 1.35 bits per heavy atom. The van der Waals surface area contributed by atoms with Crippen LogP contribution in [0.1, 0.15) is 15.9 Å². The minimum Gasteiger partial charge on any atom is -0.495 e. The van der Waals surface area contributed by atoms with Crippen molar-refractivity contribution in [3.63, 3.8) is 0 Å². The van der Waals surface area contributed by atoms with E-state index in [1.54, 1.807) is 24.3 Å². The Morgan fingerprint density at radius 2 is 2.00 bits per heavy atom. The van der Waals surface area contributed by atoms with Gasteiger partial charge in [0.2, 0.25) is 0 Å². The molecule has 0 unspecified atom stereocenters. The number of carbonyl (C=O) groups is 1. The van der Waals surface area contributed by atoms with E-state index in [1.165, 1.54) is 13.2 Å². The third kappa shape index (κ3) is 1.68. The molecule has 0 saturated carbocycles. The van der Waals surface area contributed by atoms with Crippen molar-refractivity contribution in [2.45, 2.75) is 0 Å². The van der Waals surface area contributed by atoms with Gasteiger partial charge in [0.1, 0.15) is 11.3 Å². The summed E-state index contributed by atoms with van der Waals surface area (Å²) in [5.74, 6) is -0.823. The first-order valence-corrected chi connectivity index (χ1v) is 4.92. The maximum Gasteiger partial charge on any atom is 0.339 e. The monoisotopic (exact) mass is 227 g/mol. The highest BCUT2D eigenvalue weighted by Crippen LogP contribution is 2.32. The number of hydrogen-bond acceptors (Lipinski definition) is 3. The molecule has 2 rings (SSSR count). The molecule has 0 aliphatic rings. The maximum atomic E-state index is 11.1. The predicted molar refractivity (Wildman–Crippen MR) is 62.2 cm³/mol. The van der Waals surface area contributed by atoms with Crippen molar-refractivity contribution < 1.29 is 14.6 Å². The Kier molecular flexibility index (Phi) is 2.67. The van der Waals surface area contributed by atoms with Gasteiger partial charge in [-0.25, -0.2) is 4.79 Å². The number of carboxylic acid groups (broad SMARTS) is 1. The third-order valence-electron chi connectivity index (χ3n) is 2.55. The molecule has 0 amide bonds. The van der Waals surface area contributed by atoms with Crippen LogP contribution in [-0.2, 0) is 0 Å². The molecule has 2 aromatic carbocycles. The second-order valence-electron chi connectivity index (χ2n) is 3.47. The lowest BCUT2D eigenvalue weighted by Crippen LogP contribution is -2.02. The fourth-order valence-electron chi connectivity index (χ4n) is 1.82. The van der Waals surface area contributed by atoms with Crippen LogP contribution in [0.15, 0.2) is 30.3 Å². The van der Waals surface area contributed by atoms with Crippen LogP contribution in [0.25, 0.3) is 10.8 Å². The van der Waals surface area contributed by atoms with E-state index < -0.39 is 5.97 Å². The number of fused-ring (bicyclic) bond motifs is 1. The van der Waals surface area contributed by atoms with Crippen LogP contribution in [0.4, 0.5) is 0 Å². The summed E-state index contributed by atoms with van der Waals surface area (Å²) < 4.78 is 5.13. The smallest absolute Gasteiger partial charge is 0.339 e. The molecule has 0 spiro atoms. The van der Waals surface area contributed by atoms with Gasteiger partial charge in [0.05, 0.1) is 18.7 Å². The Labute approximate surface area is 97.7 Å². The van der Waals surface area contributed by atoms with Crippen molar-refractivity contribution >= 4 is 16.7 Å². The molecule has 4 heteroatoms. The van der Waals surface area contributed by atoms with E-state index in [0.717, 1.165) is 0 Å². The second-order valence-corrected chi connectivity index (χ2v) is 3.47. The quantitative estimate of drug-likeness (QED) is 0.855. The van der Waals surface area contributed by atoms with E-state index in [9.17, 15) is 4.79 Å². The largest absolute Gasteiger partial charge is 0.495 e. The highest BCUT2D eigenvalue weighted by Gasteiger charge is 2.17. The fraction of sp³-hybridized carbons (Fsp3) is 0.0769. The van der Waals surface area contributed by atoms with Crippen LogP contribution in [0, 0.1) is 11.3 Å². The van der Waals surface area contributed by atoms with E-state index >= 15 is 0 Å². The molecule has 4 nitrogen and oxygen atoms in total. The molecule has 17 heavy (non-hydrogen) atoms. The number of hydrogen-bond donors (Lipinski definition) is 1. The lowest BCUT2D eigenvalue weighted by molar-refractivity contribution is 0.0693. The number of carboxylic acids is 1. The van der Waals surface area contributed by atoms with E-state index in [0.29, 0.717) is 16.3 Å². The van der Waals surface area contributed by atoms with Crippen LogP contribution in [0.5, 0.6) is 5.75 Å². The van der Waals surface area contributed by atoms with E-state index in [2.05, 4.69) is 0 Å². The zero-order valence-corrected chi connectivity index (χ0v) is 9.10. The van der Waals surface area contributed by atoms with Crippen LogP contribution >= 0.6 is 0 Å². The number of methoxy groups -OCH3 is 1. The highest BCUT2D eigenvalue weighted by atomic mass is 16.5. The number of nitriles is 1. The number of ether oxygens (including phenoxy) is 1. The molecular weight excluding hydrogens is 218 g/mol. The van der Waals surface area contributed by atoms with Crippen molar-refractivity contribution in [3.05, 3.63) is 41.5 Å². The van der Waals surface area contributed by atoms with Gasteiger partial charge in [-0.15, -0.1) is 0 Å². The summed E-state index contributed by atoms with van der Waals surface area (Å²) in [5.41, 5.74) is 0.335. The standard InChI is InChI=1S/C13H9NO3/c1-17-12-10-5-3-2-4-9(10)8(7-14)6-11(12)13(15)16/h2-6H,1H3,(H,15,16). The Hall–Kier alpha value is -2.54. The van der Waals surface area contributed by atoms with Crippen molar-refractivity contribution in [2.24, 2.45) is 0 Å². The van der Waals surface area contributed by atoms with Gasteiger partial charge < -0.3 is 9.84 Å². The molecule has 0 atom stereocenters. The first-order chi connectivity index (χ1) is 8.19. The lowest BCUT2D eigenvalue weighted by atomic mass is 10.00. The third-order valence-corrected chi connectivity index (χ3v) is 2.55. The zero-order chi connectivity index (χ0) is 12.4. The average molecular weight is 227 g/mol. The van der Waals surface area contributed by atoms with Crippen LogP contribution in [-0.4, -0.2) is 18.2 Å². The number of rotatable bonds is 2. The molecule has 0 heterocycles. The zero-order valence-electron chi connectivity index (χ0n) is 9.10. The summed E-state index contributed by atoms with van der Waals surface area (Å²) in [7, 11) is 1.42. The molecule has 0 saturated heterocycles. The summed E-state index contributed by atoms with van der Waals surface area (Å²) in [6, 6.07) is 10.4. The molecular formula is C13H9NO3. The van der Waals surface area contributed by atoms with Crippen LogP contribution in [0.2, 0.25) is 0 Å². The molecule has 0 aliphatic carbocycles. The predicted octanol–water partition coefficient (Wildman–Crippen LogP) is 2.42. The van der Waals surface area contributed by atoms with E-state index in [-0.39, 0.29) is 11.3 Å². The van der Waals surface area contributed by atoms with Gasteiger partial charge in [-0.1, -0.05) is 24.3 Å². The summed E-state index contributed by atoms with van der Waals surface area (Å²) in [5, 5.41) is 19.4. The Bertz CT molecular complexity index is 641. The van der Waals surface area contributed by atoms with Crippen molar-refractivity contribution in [3.8, 4) is 11.8 Å². The topological polar surface area (TPSA) is 70.3 Å². The van der Waals surface area contributed by atoms with Crippen LogP contribution in [0.3, 0.4) is 0 Å². The number of benzene rings is 2. The first-order valence-electron chi connectivity index (χ1n) is 4.92. The second kappa shape index (κ2) is 4.14. The fourth-order valence-corrected chi connectivity index (χ4v) is 1.82. The highest BCUT2D eigenvalue weighted by molar-refractivity contribution is 6.03. The minimum absolute atomic E-state index is 0.00255. The summed E-state index contributed by atoms with van der Waals surface area (Å²) >= 11 is 0. The first kappa shape index (κ1) is 11.0. The SMILES string of the molecule is COc1c(C(=O)O)cc(C#N)c2ccccc12. The summed E-state index contributed by atoms with van der Waals surface area (Å²) in [4.78, 5) is 11.1. The van der Waals surface area contributed by atoms with Crippen molar-refractivity contribution in [1.82, 2.24) is 0 Å². The number of nitrogens with zero attached hydrogens (tertiary/aromatic N) is 1. The molecule has 0 radical (unpaired) electrons. The number of aromatic carboxylic acids is 1. The molecule has 2 aromatic rings. The van der Waals surface area contributed by atoms with E-state index in [1.807, 2.05) is 6.07 Å². The van der Waals surface area contributed by atoms with E-state index in [4.69, 9.17) is 15.1 Å². The normalized spacial score (nSPS) is 9.88. The van der Waals surface area contributed by atoms with Gasteiger partial charge in [-0.05, 0) is 6.07 Å². The minimum atomic E-state index is -1.11. The Morgan fingerprint density at radius 3 is 2.53 bits per heavy atom. The van der Waals surface area contributed by atoms with Crippen LogP contribution < -0.4 is 4.74 Å². The van der Waals surface area contributed by atoms with Gasteiger partial charge >= 0.3 is 5.97 Å². The van der Waals surface area contributed by atoms with Gasteiger partial charge in [0.15, 0.2) is 0 Å². The molecule has 0 aromatic heterocycles. The molecule has 84 valence electrons. The summed E-state index contributed by atoms with van der Waals surface area (Å²) in [6.45, 7) is 0. The summed E-state index contributed by atoms with van der Waals surface area (Å²) in [6.07, 6.45) is 0. The average Bonchev–Trinajstić information content (AvgIpc) is 2.36. The maximum absolute atomic E-state index is 11.1. The molecule has 0 fully saturated rings. The van der Waals surface area contributed by atoms with Gasteiger partial charge in [0, 0.05) is 10.8 Å². The van der Waals surface area contributed by atoms with Gasteiger partial charge in [-0.3, -0.25) is 0 Å². The van der Waals surface area contributed by atoms with Crippen molar-refractivity contribution in [2.75, 3.05) is 7.11 Å². The Balaban J connectivity index is 2.95.